The van der Waals surface area contributed by atoms with Crippen LogP contribution in [0, 0.1) is 0 Å². The van der Waals surface area contributed by atoms with Gasteiger partial charge in [-0.2, -0.15) is 13.2 Å². The van der Waals surface area contributed by atoms with E-state index in [0.717, 1.165) is 11.8 Å². The summed E-state index contributed by atoms with van der Waals surface area (Å²) in [4.78, 5) is 0.619. The summed E-state index contributed by atoms with van der Waals surface area (Å²) in [6.45, 7) is 2.42. The SMILES string of the molecule is CC1Nc2ccc(C(F)(F)F)cc2SC1CN. The molecule has 2 rings (SSSR count). The van der Waals surface area contributed by atoms with Crippen molar-refractivity contribution in [2.45, 2.75) is 29.3 Å². The third-order valence-corrected chi connectivity index (χ3v) is 4.26. The number of alkyl halides is 3. The van der Waals surface area contributed by atoms with Crippen molar-refractivity contribution in [3.8, 4) is 0 Å². The standard InChI is InChI=1S/C11H13F3N2S/c1-6-10(5-15)17-9-4-7(11(12,13)14)2-3-8(9)16-6/h2-4,6,10,16H,5,15H2,1H3. The zero-order valence-electron chi connectivity index (χ0n) is 9.21. The minimum absolute atomic E-state index is 0.103. The van der Waals surface area contributed by atoms with Crippen molar-refractivity contribution in [2.24, 2.45) is 5.73 Å². The zero-order chi connectivity index (χ0) is 12.6. The second-order valence-electron chi connectivity index (χ2n) is 4.03. The van der Waals surface area contributed by atoms with Gasteiger partial charge in [0.25, 0.3) is 0 Å². The maximum atomic E-state index is 12.6. The van der Waals surface area contributed by atoms with Gasteiger partial charge in [0.15, 0.2) is 0 Å². The maximum absolute atomic E-state index is 12.6. The summed E-state index contributed by atoms with van der Waals surface area (Å²) >= 11 is 1.41. The molecule has 1 aliphatic rings. The van der Waals surface area contributed by atoms with Crippen LogP contribution in [0.2, 0.25) is 0 Å². The highest BCUT2D eigenvalue weighted by molar-refractivity contribution is 8.00. The Morgan fingerprint density at radius 3 is 2.71 bits per heavy atom. The van der Waals surface area contributed by atoms with E-state index in [-0.39, 0.29) is 11.3 Å². The first-order valence-corrected chi connectivity index (χ1v) is 6.14. The Morgan fingerprint density at radius 2 is 2.12 bits per heavy atom. The third kappa shape index (κ3) is 2.52. The van der Waals surface area contributed by atoms with Gasteiger partial charge >= 0.3 is 6.18 Å². The van der Waals surface area contributed by atoms with E-state index in [4.69, 9.17) is 5.73 Å². The van der Waals surface area contributed by atoms with Crippen LogP contribution in [0.3, 0.4) is 0 Å². The molecule has 0 radical (unpaired) electrons. The van der Waals surface area contributed by atoms with Crippen molar-refractivity contribution < 1.29 is 13.2 Å². The lowest BCUT2D eigenvalue weighted by Crippen LogP contribution is -2.37. The second kappa shape index (κ2) is 4.42. The average molecular weight is 262 g/mol. The lowest BCUT2D eigenvalue weighted by atomic mass is 10.1. The highest BCUT2D eigenvalue weighted by atomic mass is 32.2. The van der Waals surface area contributed by atoms with Crippen LogP contribution in [0.1, 0.15) is 12.5 Å². The minimum atomic E-state index is -4.29. The van der Waals surface area contributed by atoms with E-state index in [9.17, 15) is 13.2 Å². The number of hydrogen-bond acceptors (Lipinski definition) is 3. The monoisotopic (exact) mass is 262 g/mol. The summed E-state index contributed by atoms with van der Waals surface area (Å²) in [5.41, 5.74) is 5.73. The molecule has 0 fully saturated rings. The molecule has 0 bridgehead atoms. The van der Waals surface area contributed by atoms with Crippen LogP contribution in [0.25, 0.3) is 0 Å². The Bertz CT molecular complexity index is 420. The quantitative estimate of drug-likeness (QED) is 0.817. The number of halogens is 3. The van der Waals surface area contributed by atoms with Crippen molar-refractivity contribution >= 4 is 17.4 Å². The molecule has 0 saturated heterocycles. The molecule has 1 aromatic carbocycles. The average Bonchev–Trinajstić information content (AvgIpc) is 2.26. The van der Waals surface area contributed by atoms with E-state index in [1.165, 1.54) is 23.9 Å². The van der Waals surface area contributed by atoms with Crippen molar-refractivity contribution in [1.82, 2.24) is 0 Å². The molecule has 2 atom stereocenters. The van der Waals surface area contributed by atoms with Crippen LogP contribution in [-0.2, 0) is 6.18 Å². The smallest absolute Gasteiger partial charge is 0.381 e. The summed E-state index contributed by atoms with van der Waals surface area (Å²) < 4.78 is 37.7. The van der Waals surface area contributed by atoms with Crippen LogP contribution < -0.4 is 11.1 Å². The van der Waals surface area contributed by atoms with Crippen LogP contribution in [-0.4, -0.2) is 17.8 Å². The first-order chi connectivity index (χ1) is 7.91. The van der Waals surface area contributed by atoms with Gasteiger partial charge in [0.1, 0.15) is 0 Å². The predicted octanol–water partition coefficient (Wildman–Crippen LogP) is 2.94. The van der Waals surface area contributed by atoms with Crippen molar-refractivity contribution in [3.63, 3.8) is 0 Å². The lowest BCUT2D eigenvalue weighted by Gasteiger charge is -2.31. The second-order valence-corrected chi connectivity index (χ2v) is 5.31. The summed E-state index contributed by atoms with van der Waals surface area (Å²) in [6, 6.07) is 3.92. The lowest BCUT2D eigenvalue weighted by molar-refractivity contribution is -0.137. The van der Waals surface area contributed by atoms with E-state index in [1.807, 2.05) is 6.92 Å². The number of rotatable bonds is 1. The topological polar surface area (TPSA) is 38.0 Å². The molecule has 2 nitrogen and oxygen atoms in total. The summed E-state index contributed by atoms with van der Waals surface area (Å²) in [5.74, 6) is 0. The Kier molecular flexibility index (Phi) is 3.27. The molecule has 0 saturated carbocycles. The molecule has 94 valence electrons. The van der Waals surface area contributed by atoms with Crippen LogP contribution in [0.15, 0.2) is 23.1 Å². The number of hydrogen-bond donors (Lipinski definition) is 2. The molecule has 1 aliphatic heterocycles. The number of nitrogens with two attached hydrogens (primary N) is 1. The zero-order valence-corrected chi connectivity index (χ0v) is 10.0. The molecule has 0 amide bonds. The Hall–Kier alpha value is -0.880. The minimum Gasteiger partial charge on any atom is -0.381 e. The van der Waals surface area contributed by atoms with E-state index < -0.39 is 11.7 Å². The van der Waals surface area contributed by atoms with E-state index in [0.29, 0.717) is 11.4 Å². The van der Waals surface area contributed by atoms with E-state index >= 15 is 0 Å². The normalized spacial score (nSPS) is 24.1. The van der Waals surface area contributed by atoms with Crippen LogP contribution >= 0.6 is 11.8 Å². The summed E-state index contributed by atoms with van der Waals surface area (Å²) in [7, 11) is 0. The number of nitrogens with one attached hydrogen (secondary N) is 1. The molecule has 0 spiro atoms. The third-order valence-electron chi connectivity index (χ3n) is 2.76. The van der Waals surface area contributed by atoms with Gasteiger partial charge in [0.05, 0.1) is 5.56 Å². The van der Waals surface area contributed by atoms with Crippen molar-refractivity contribution in [2.75, 3.05) is 11.9 Å². The molecule has 2 unspecified atom stereocenters. The summed E-state index contributed by atoms with van der Waals surface area (Å²) in [6.07, 6.45) is -4.29. The van der Waals surface area contributed by atoms with Gasteiger partial charge in [0, 0.05) is 28.4 Å². The van der Waals surface area contributed by atoms with Gasteiger partial charge < -0.3 is 11.1 Å². The first kappa shape index (κ1) is 12.6. The highest BCUT2D eigenvalue weighted by Gasteiger charge is 2.33. The Balaban J connectivity index is 2.34. The van der Waals surface area contributed by atoms with Crippen molar-refractivity contribution in [1.29, 1.82) is 0 Å². The number of fused-ring (bicyclic) bond motifs is 1. The molecule has 17 heavy (non-hydrogen) atoms. The van der Waals surface area contributed by atoms with E-state index in [2.05, 4.69) is 5.32 Å². The fourth-order valence-corrected chi connectivity index (χ4v) is 2.91. The molecule has 0 aromatic heterocycles. The summed E-state index contributed by atoms with van der Waals surface area (Å²) in [5, 5.41) is 3.27. The maximum Gasteiger partial charge on any atom is 0.416 e. The molecule has 3 N–H and O–H groups in total. The van der Waals surface area contributed by atoms with Gasteiger partial charge in [-0.25, -0.2) is 0 Å². The van der Waals surface area contributed by atoms with Gasteiger partial charge in [-0.05, 0) is 25.1 Å². The van der Waals surface area contributed by atoms with Gasteiger partial charge in [-0.1, -0.05) is 0 Å². The number of anilines is 1. The molecule has 0 aliphatic carbocycles. The fourth-order valence-electron chi connectivity index (χ4n) is 1.77. The van der Waals surface area contributed by atoms with Crippen molar-refractivity contribution in [3.05, 3.63) is 23.8 Å². The van der Waals surface area contributed by atoms with Gasteiger partial charge in [-0.15, -0.1) is 11.8 Å². The highest BCUT2D eigenvalue weighted by Crippen LogP contribution is 2.40. The molecular formula is C11H13F3N2S. The van der Waals surface area contributed by atoms with Gasteiger partial charge in [-0.3, -0.25) is 0 Å². The Labute approximate surface area is 102 Å². The number of benzene rings is 1. The van der Waals surface area contributed by atoms with Crippen LogP contribution in [0.4, 0.5) is 18.9 Å². The number of thioether (sulfide) groups is 1. The largest absolute Gasteiger partial charge is 0.416 e. The molecule has 6 heteroatoms. The Morgan fingerprint density at radius 1 is 1.41 bits per heavy atom. The van der Waals surface area contributed by atoms with Gasteiger partial charge in [0.2, 0.25) is 0 Å². The van der Waals surface area contributed by atoms with Crippen LogP contribution in [0.5, 0.6) is 0 Å². The van der Waals surface area contributed by atoms with E-state index in [1.54, 1.807) is 0 Å². The first-order valence-electron chi connectivity index (χ1n) is 5.26. The molecule has 1 aromatic rings. The predicted molar refractivity (Wildman–Crippen MR) is 63.2 cm³/mol. The molecular weight excluding hydrogens is 249 g/mol. The fraction of sp³-hybridized carbons (Fsp3) is 0.455. The molecule has 1 heterocycles.